The minimum absolute atomic E-state index is 0.0654. The van der Waals surface area contributed by atoms with Crippen LogP contribution >= 0.6 is 0 Å². The fourth-order valence-electron chi connectivity index (χ4n) is 5.37. The maximum absolute atomic E-state index is 5.37. The lowest BCUT2D eigenvalue weighted by Gasteiger charge is -2.42. The number of aromatic nitrogens is 4. The lowest BCUT2D eigenvalue weighted by Crippen LogP contribution is -2.56. The van der Waals surface area contributed by atoms with Crippen molar-refractivity contribution in [2.75, 3.05) is 51.3 Å². The highest BCUT2D eigenvalue weighted by molar-refractivity contribution is 5.84. The molecule has 8 nitrogen and oxygen atoms in total. The molecule has 1 aromatic carbocycles. The number of aryl methyl sites for hydroxylation is 1. The highest BCUT2D eigenvalue weighted by atomic mass is 16.5. The first-order valence-electron chi connectivity index (χ1n) is 12.0. The van der Waals surface area contributed by atoms with Gasteiger partial charge in [-0.25, -0.2) is 14.6 Å². The van der Waals surface area contributed by atoms with E-state index in [-0.39, 0.29) is 5.41 Å². The van der Waals surface area contributed by atoms with E-state index < -0.39 is 0 Å². The highest BCUT2D eigenvalue weighted by Crippen LogP contribution is 2.43. The average molecular weight is 446 g/mol. The molecule has 172 valence electrons. The molecule has 0 radical (unpaired) electrons. The smallest absolute Gasteiger partial charge is 0.159 e. The zero-order valence-electron chi connectivity index (χ0n) is 19.4. The number of ether oxygens (including phenoxy) is 1. The van der Waals surface area contributed by atoms with Gasteiger partial charge in [-0.1, -0.05) is 18.6 Å². The van der Waals surface area contributed by atoms with Crippen molar-refractivity contribution in [3.63, 3.8) is 0 Å². The van der Waals surface area contributed by atoms with Gasteiger partial charge in [-0.2, -0.15) is 5.10 Å². The molecule has 1 saturated carbocycles. The molecule has 0 unspecified atom stereocenters. The Morgan fingerprint density at radius 2 is 1.85 bits per heavy atom. The molecule has 3 aromatic rings. The first-order valence-corrected chi connectivity index (χ1v) is 12.0. The molecule has 0 bridgehead atoms. The number of fused-ring (bicyclic) bond motifs is 1. The van der Waals surface area contributed by atoms with E-state index in [2.05, 4.69) is 45.3 Å². The zero-order valence-corrected chi connectivity index (χ0v) is 19.4. The normalized spacial score (nSPS) is 21.5. The monoisotopic (exact) mass is 445 g/mol. The molecule has 8 heteroatoms. The second kappa shape index (κ2) is 8.18. The number of hydrogen-bond donors (Lipinski definition) is 0. The molecule has 3 fully saturated rings. The van der Waals surface area contributed by atoms with Crippen molar-refractivity contribution in [3.05, 3.63) is 41.9 Å². The Morgan fingerprint density at radius 1 is 1.06 bits per heavy atom. The van der Waals surface area contributed by atoms with Gasteiger partial charge in [0.05, 0.1) is 31.0 Å². The van der Waals surface area contributed by atoms with Crippen LogP contribution in [0.3, 0.4) is 0 Å². The van der Waals surface area contributed by atoms with Crippen molar-refractivity contribution in [2.45, 2.75) is 37.6 Å². The summed E-state index contributed by atoms with van der Waals surface area (Å²) in [6.45, 7) is 7.73. The molecule has 0 spiro atoms. The van der Waals surface area contributed by atoms with Gasteiger partial charge in [-0.3, -0.25) is 9.89 Å². The van der Waals surface area contributed by atoms with Gasteiger partial charge in [0.25, 0.3) is 0 Å². The lowest BCUT2D eigenvalue weighted by molar-refractivity contribution is -0.0661. The molecule has 1 aliphatic carbocycles. The molecule has 2 aliphatic heterocycles. The van der Waals surface area contributed by atoms with Gasteiger partial charge in [-0.05, 0) is 31.4 Å². The molecule has 2 aromatic heterocycles. The third-order valence-corrected chi connectivity index (χ3v) is 7.57. The third-order valence-electron chi connectivity index (χ3n) is 7.57. The Morgan fingerprint density at radius 3 is 2.52 bits per heavy atom. The predicted octanol–water partition coefficient (Wildman–Crippen LogP) is 2.77. The minimum Gasteiger partial charge on any atom is -0.378 e. The van der Waals surface area contributed by atoms with E-state index in [1.54, 1.807) is 0 Å². The Balaban J connectivity index is 1.31. The molecule has 3 aliphatic rings. The van der Waals surface area contributed by atoms with Gasteiger partial charge >= 0.3 is 0 Å². The molecular formula is C25H31N7O. The quantitative estimate of drug-likeness (QED) is 0.563. The molecule has 0 amide bonds. The van der Waals surface area contributed by atoms with Gasteiger partial charge in [0.1, 0.15) is 11.6 Å². The third kappa shape index (κ3) is 3.61. The van der Waals surface area contributed by atoms with E-state index in [1.165, 1.54) is 12.0 Å². The van der Waals surface area contributed by atoms with Crippen LogP contribution in [0.15, 0.2) is 35.5 Å². The summed E-state index contributed by atoms with van der Waals surface area (Å²) in [4.78, 5) is 18.8. The summed E-state index contributed by atoms with van der Waals surface area (Å²) < 4.78 is 7.34. The fraction of sp³-hybridized carbons (Fsp3) is 0.520. The Kier molecular flexibility index (Phi) is 5.14. The van der Waals surface area contributed by atoms with Crippen LogP contribution in [0.5, 0.6) is 0 Å². The van der Waals surface area contributed by atoms with Crippen molar-refractivity contribution >= 4 is 22.9 Å². The van der Waals surface area contributed by atoms with Crippen LogP contribution in [0.2, 0.25) is 0 Å². The van der Waals surface area contributed by atoms with E-state index in [0.717, 1.165) is 80.6 Å². The van der Waals surface area contributed by atoms with E-state index >= 15 is 0 Å². The van der Waals surface area contributed by atoms with Crippen molar-refractivity contribution < 1.29 is 4.74 Å². The number of aliphatic imine (C=N–C) groups is 1. The van der Waals surface area contributed by atoms with Gasteiger partial charge in [-0.15, -0.1) is 0 Å². The minimum atomic E-state index is 0.0654. The van der Waals surface area contributed by atoms with Crippen LogP contribution in [0, 0.1) is 6.92 Å². The lowest BCUT2D eigenvalue weighted by atomic mass is 9.65. The number of anilines is 1. The maximum Gasteiger partial charge on any atom is 0.159 e. The summed E-state index contributed by atoms with van der Waals surface area (Å²) in [7, 11) is 1.87. The topological polar surface area (TPSA) is 71.7 Å². The number of benzene rings is 1. The Labute approximate surface area is 194 Å². The predicted molar refractivity (Wildman–Crippen MR) is 130 cm³/mol. The second-order valence-corrected chi connectivity index (χ2v) is 9.57. The fourth-order valence-corrected chi connectivity index (χ4v) is 5.37. The summed E-state index contributed by atoms with van der Waals surface area (Å²) in [6.07, 6.45) is 7.61. The first kappa shape index (κ1) is 20.7. The van der Waals surface area contributed by atoms with Crippen LogP contribution in [0.1, 0.15) is 30.7 Å². The average Bonchev–Trinajstić information content (AvgIpc) is 3.18. The molecule has 6 rings (SSSR count). The van der Waals surface area contributed by atoms with Crippen LogP contribution in [-0.2, 0) is 10.2 Å². The number of hydrogen-bond acceptors (Lipinski definition) is 7. The number of nitrogens with zero attached hydrogens (tertiary/aromatic N) is 7. The SMILES string of the molecule is CN=CC1(c2ccc3cnn(-c4cc(N5CCN(C6COC6)CC5)nc(C)n4)c3c2)CCC1. The van der Waals surface area contributed by atoms with Crippen molar-refractivity contribution in [1.82, 2.24) is 24.6 Å². The van der Waals surface area contributed by atoms with Crippen LogP contribution in [0.25, 0.3) is 16.7 Å². The summed E-state index contributed by atoms with van der Waals surface area (Å²) in [5.41, 5.74) is 2.47. The van der Waals surface area contributed by atoms with E-state index in [1.807, 2.05) is 24.9 Å². The van der Waals surface area contributed by atoms with Gasteiger partial charge < -0.3 is 9.64 Å². The zero-order chi connectivity index (χ0) is 22.4. The van der Waals surface area contributed by atoms with Gasteiger partial charge in [0.2, 0.25) is 0 Å². The second-order valence-electron chi connectivity index (χ2n) is 9.57. The molecular weight excluding hydrogens is 414 g/mol. The van der Waals surface area contributed by atoms with E-state index in [4.69, 9.17) is 19.8 Å². The van der Waals surface area contributed by atoms with Crippen LogP contribution < -0.4 is 4.90 Å². The van der Waals surface area contributed by atoms with E-state index in [9.17, 15) is 0 Å². The molecule has 33 heavy (non-hydrogen) atoms. The molecule has 0 N–H and O–H groups in total. The summed E-state index contributed by atoms with van der Waals surface area (Å²) in [5, 5.41) is 5.83. The van der Waals surface area contributed by atoms with E-state index in [0.29, 0.717) is 6.04 Å². The van der Waals surface area contributed by atoms with Crippen molar-refractivity contribution in [2.24, 2.45) is 4.99 Å². The van der Waals surface area contributed by atoms with Gasteiger partial charge in [0.15, 0.2) is 5.82 Å². The van der Waals surface area contributed by atoms with Crippen LogP contribution in [-0.4, -0.2) is 83.3 Å². The molecule has 2 saturated heterocycles. The Bertz CT molecular complexity index is 1190. The Hall–Kier alpha value is -2.84. The van der Waals surface area contributed by atoms with Gasteiger partial charge in [0, 0.05) is 56.3 Å². The summed E-state index contributed by atoms with van der Waals surface area (Å²) >= 11 is 0. The molecule has 4 heterocycles. The largest absolute Gasteiger partial charge is 0.378 e. The molecule has 0 atom stereocenters. The van der Waals surface area contributed by atoms with Crippen molar-refractivity contribution in [1.29, 1.82) is 0 Å². The first-order chi connectivity index (χ1) is 16.1. The highest BCUT2D eigenvalue weighted by Gasteiger charge is 2.37. The van der Waals surface area contributed by atoms with Crippen LogP contribution in [0.4, 0.5) is 5.82 Å². The number of piperazine rings is 1. The summed E-state index contributed by atoms with van der Waals surface area (Å²) in [5.74, 6) is 2.58. The number of rotatable bonds is 5. The standard InChI is InChI=1S/C25H31N7O/c1-18-28-23(31-10-8-30(9-11-31)21-15-33-16-21)13-24(29-18)32-22-12-20(5-4-19(22)14-27-32)25(17-26-2)6-3-7-25/h4-5,12-14,17,21H,3,6-11,15-16H2,1-2H3. The van der Waals surface area contributed by atoms with Crippen molar-refractivity contribution in [3.8, 4) is 5.82 Å². The maximum atomic E-state index is 5.37. The summed E-state index contributed by atoms with van der Waals surface area (Å²) in [6, 6.07) is 9.37.